The van der Waals surface area contributed by atoms with Gasteiger partial charge in [-0.25, -0.2) is 4.98 Å². The van der Waals surface area contributed by atoms with E-state index in [-0.39, 0.29) is 5.91 Å². The molecule has 1 aromatic heterocycles. The summed E-state index contributed by atoms with van der Waals surface area (Å²) in [6.45, 7) is 5.79. The van der Waals surface area contributed by atoms with Crippen molar-refractivity contribution in [1.82, 2.24) is 9.88 Å². The van der Waals surface area contributed by atoms with E-state index in [9.17, 15) is 4.79 Å². The number of hydrogen-bond acceptors (Lipinski definition) is 3. The Morgan fingerprint density at radius 1 is 1.24 bits per heavy atom. The van der Waals surface area contributed by atoms with Gasteiger partial charge in [-0.2, -0.15) is 0 Å². The first-order valence-electron chi connectivity index (χ1n) is 7.41. The molecule has 0 bridgehead atoms. The zero-order valence-electron chi connectivity index (χ0n) is 12.5. The quantitative estimate of drug-likeness (QED) is 0.845. The Morgan fingerprint density at radius 3 is 2.62 bits per heavy atom. The molecule has 0 N–H and O–H groups in total. The maximum absolute atomic E-state index is 12.6. The Kier molecular flexibility index (Phi) is 4.06. The summed E-state index contributed by atoms with van der Waals surface area (Å²) in [5.41, 5.74) is 3.22. The summed E-state index contributed by atoms with van der Waals surface area (Å²) < 4.78 is 0. The average Bonchev–Trinajstić information content (AvgIpc) is 3.04. The topological polar surface area (TPSA) is 33.2 Å². The summed E-state index contributed by atoms with van der Waals surface area (Å²) >= 11 is 1.72. The molecule has 0 saturated carbocycles. The predicted molar refractivity (Wildman–Crippen MR) is 85.9 cm³/mol. The lowest BCUT2D eigenvalue weighted by Crippen LogP contribution is -2.37. The summed E-state index contributed by atoms with van der Waals surface area (Å²) in [6.07, 6.45) is 3.90. The lowest BCUT2D eigenvalue weighted by molar-refractivity contribution is 0.0713. The second-order valence-corrected chi connectivity index (χ2v) is 6.66. The number of thiazole rings is 1. The van der Waals surface area contributed by atoms with Crippen molar-refractivity contribution in [3.05, 3.63) is 51.5 Å². The van der Waals surface area contributed by atoms with Gasteiger partial charge >= 0.3 is 0 Å². The molecule has 4 heteroatoms. The van der Waals surface area contributed by atoms with Crippen LogP contribution >= 0.6 is 11.3 Å². The second kappa shape index (κ2) is 5.98. The molecule has 0 atom stereocenters. The Bertz CT molecular complexity index is 628. The molecule has 1 amide bonds. The molecule has 0 radical (unpaired) electrons. The van der Waals surface area contributed by atoms with E-state index >= 15 is 0 Å². The van der Waals surface area contributed by atoms with Crippen molar-refractivity contribution in [3.8, 4) is 0 Å². The van der Waals surface area contributed by atoms with E-state index < -0.39 is 0 Å². The number of aryl methyl sites for hydroxylation is 2. The van der Waals surface area contributed by atoms with E-state index in [2.05, 4.69) is 18.8 Å². The molecule has 0 unspecified atom stereocenters. The first-order valence-corrected chi connectivity index (χ1v) is 8.29. The predicted octanol–water partition coefficient (Wildman–Crippen LogP) is 3.78. The van der Waals surface area contributed by atoms with Crippen LogP contribution in [-0.4, -0.2) is 28.9 Å². The van der Waals surface area contributed by atoms with Crippen LogP contribution in [0, 0.1) is 13.8 Å². The largest absolute Gasteiger partial charge is 0.339 e. The third-order valence-electron chi connectivity index (χ3n) is 4.34. The van der Waals surface area contributed by atoms with Gasteiger partial charge in [0.25, 0.3) is 5.91 Å². The molecule has 1 saturated heterocycles. The number of hydrogen-bond donors (Lipinski definition) is 0. The summed E-state index contributed by atoms with van der Waals surface area (Å²) in [5.74, 6) is 0.685. The second-order valence-electron chi connectivity index (χ2n) is 5.74. The van der Waals surface area contributed by atoms with Crippen LogP contribution in [-0.2, 0) is 0 Å². The molecule has 21 heavy (non-hydrogen) atoms. The number of likely N-dealkylation sites (tertiary alicyclic amines) is 1. The Balaban J connectivity index is 1.66. The molecule has 1 aromatic carbocycles. The third kappa shape index (κ3) is 3.00. The monoisotopic (exact) mass is 300 g/mol. The molecule has 1 aliphatic heterocycles. The molecular weight excluding hydrogens is 280 g/mol. The van der Waals surface area contributed by atoms with E-state index in [0.717, 1.165) is 31.5 Å². The smallest absolute Gasteiger partial charge is 0.253 e. The van der Waals surface area contributed by atoms with Crippen LogP contribution in [0.3, 0.4) is 0 Å². The van der Waals surface area contributed by atoms with Crippen molar-refractivity contribution >= 4 is 17.2 Å². The van der Waals surface area contributed by atoms with E-state index in [1.165, 1.54) is 16.1 Å². The van der Waals surface area contributed by atoms with Gasteiger partial charge in [0, 0.05) is 36.1 Å². The van der Waals surface area contributed by atoms with Crippen molar-refractivity contribution in [2.75, 3.05) is 13.1 Å². The molecule has 1 fully saturated rings. The van der Waals surface area contributed by atoms with Gasteiger partial charge in [-0.1, -0.05) is 6.07 Å². The number of benzene rings is 1. The van der Waals surface area contributed by atoms with Gasteiger partial charge in [-0.3, -0.25) is 4.79 Å². The lowest BCUT2D eigenvalue weighted by atomic mass is 9.96. The van der Waals surface area contributed by atoms with Crippen LogP contribution in [0.25, 0.3) is 0 Å². The van der Waals surface area contributed by atoms with Crippen LogP contribution in [0.4, 0.5) is 0 Å². The molecule has 1 aliphatic rings. The Hall–Kier alpha value is -1.68. The van der Waals surface area contributed by atoms with Gasteiger partial charge in [0.15, 0.2) is 0 Å². The fourth-order valence-corrected chi connectivity index (χ4v) is 3.63. The average molecular weight is 300 g/mol. The van der Waals surface area contributed by atoms with E-state index in [1.54, 1.807) is 11.3 Å². The number of carbonyl (C=O) groups excluding carboxylic acids is 1. The van der Waals surface area contributed by atoms with Gasteiger partial charge in [-0.15, -0.1) is 11.3 Å². The van der Waals surface area contributed by atoms with Gasteiger partial charge in [-0.05, 0) is 49.9 Å². The van der Waals surface area contributed by atoms with Crippen molar-refractivity contribution in [3.63, 3.8) is 0 Å². The summed E-state index contributed by atoms with van der Waals surface area (Å²) in [4.78, 5) is 19.0. The minimum Gasteiger partial charge on any atom is -0.339 e. The maximum Gasteiger partial charge on any atom is 0.253 e. The highest BCUT2D eigenvalue weighted by atomic mass is 32.1. The van der Waals surface area contributed by atoms with Crippen LogP contribution < -0.4 is 0 Å². The van der Waals surface area contributed by atoms with Crippen LogP contribution in [0.5, 0.6) is 0 Å². The van der Waals surface area contributed by atoms with E-state index in [4.69, 9.17) is 0 Å². The Labute approximate surface area is 129 Å². The normalized spacial score (nSPS) is 16.2. The molecule has 3 nitrogen and oxygen atoms in total. The first kappa shape index (κ1) is 14.3. The van der Waals surface area contributed by atoms with Gasteiger partial charge in [0.1, 0.15) is 0 Å². The minimum absolute atomic E-state index is 0.163. The van der Waals surface area contributed by atoms with Crippen LogP contribution in [0.2, 0.25) is 0 Å². The summed E-state index contributed by atoms with van der Waals surface area (Å²) in [7, 11) is 0. The summed E-state index contributed by atoms with van der Waals surface area (Å²) in [6, 6.07) is 5.98. The van der Waals surface area contributed by atoms with Crippen LogP contribution in [0.15, 0.2) is 29.8 Å². The first-order chi connectivity index (χ1) is 10.1. The van der Waals surface area contributed by atoms with E-state index in [0.29, 0.717) is 5.92 Å². The zero-order valence-corrected chi connectivity index (χ0v) is 13.3. The molecule has 0 aliphatic carbocycles. The number of piperidine rings is 1. The number of carbonyl (C=O) groups is 1. The van der Waals surface area contributed by atoms with Crippen LogP contribution in [0.1, 0.15) is 45.3 Å². The van der Waals surface area contributed by atoms with Crippen molar-refractivity contribution in [1.29, 1.82) is 0 Å². The van der Waals surface area contributed by atoms with Crippen molar-refractivity contribution < 1.29 is 4.79 Å². The highest BCUT2D eigenvalue weighted by molar-refractivity contribution is 7.09. The van der Waals surface area contributed by atoms with Gasteiger partial charge in [0.2, 0.25) is 0 Å². The van der Waals surface area contributed by atoms with Crippen molar-refractivity contribution in [2.24, 2.45) is 0 Å². The maximum atomic E-state index is 12.6. The highest BCUT2D eigenvalue weighted by Gasteiger charge is 2.25. The molecule has 3 rings (SSSR count). The Morgan fingerprint density at radius 2 is 2.00 bits per heavy atom. The molecule has 110 valence electrons. The SMILES string of the molecule is Cc1ccc(C(=O)N2CCC(c3nccs3)CC2)cc1C. The summed E-state index contributed by atoms with van der Waals surface area (Å²) in [5, 5.41) is 3.25. The number of aromatic nitrogens is 1. The molecular formula is C17H20N2OS. The number of nitrogens with zero attached hydrogens (tertiary/aromatic N) is 2. The fourth-order valence-electron chi connectivity index (χ4n) is 2.82. The molecule has 0 spiro atoms. The molecule has 2 heterocycles. The van der Waals surface area contributed by atoms with E-state index in [1.807, 2.05) is 34.7 Å². The molecule has 2 aromatic rings. The number of amides is 1. The minimum atomic E-state index is 0.163. The third-order valence-corrected chi connectivity index (χ3v) is 5.27. The number of rotatable bonds is 2. The fraction of sp³-hybridized carbons (Fsp3) is 0.412. The van der Waals surface area contributed by atoms with Gasteiger partial charge < -0.3 is 4.90 Å². The van der Waals surface area contributed by atoms with Crippen molar-refractivity contribution in [2.45, 2.75) is 32.6 Å². The van der Waals surface area contributed by atoms with Gasteiger partial charge in [0.05, 0.1) is 5.01 Å². The zero-order chi connectivity index (χ0) is 14.8. The standard InChI is InChI=1S/C17H20N2OS/c1-12-3-4-15(11-13(12)2)17(20)19-8-5-14(6-9-19)16-18-7-10-21-16/h3-4,7,10-11,14H,5-6,8-9H2,1-2H3. The highest BCUT2D eigenvalue weighted by Crippen LogP contribution is 2.29. The lowest BCUT2D eigenvalue weighted by Gasteiger charge is -2.31.